The van der Waals surface area contributed by atoms with Crippen LogP contribution in [0, 0.1) is 11.3 Å². The topological polar surface area (TPSA) is 42.2 Å². The lowest BCUT2D eigenvalue weighted by atomic mass is 10.0. The molecule has 0 aliphatic heterocycles. The second-order valence-electron chi connectivity index (χ2n) is 3.60. The molecule has 0 aliphatic rings. The summed E-state index contributed by atoms with van der Waals surface area (Å²) in [5.74, 6) is 1.27. The van der Waals surface area contributed by atoms with Gasteiger partial charge in [-0.2, -0.15) is 5.26 Å². The van der Waals surface area contributed by atoms with Gasteiger partial charge >= 0.3 is 0 Å². The highest BCUT2D eigenvalue weighted by Gasteiger charge is 2.12. The fraction of sp³-hybridized carbons (Fsp3) is 0.357. The first-order valence-electron chi connectivity index (χ1n) is 5.63. The number of benzene rings is 1. The molecule has 0 N–H and O–H groups in total. The van der Waals surface area contributed by atoms with Crippen molar-refractivity contribution in [2.45, 2.75) is 20.8 Å². The minimum atomic E-state index is 0.539. The standard InChI is InChI=1S/C14H17NO2/c1-5-16-13-7-11(9-15)12(10(3)4)8-14(13)17-6-2/h7-8H,3,5-6H2,1-2,4H3. The van der Waals surface area contributed by atoms with Crippen LogP contribution in [0.25, 0.3) is 5.57 Å². The molecule has 0 aromatic heterocycles. The Morgan fingerprint density at radius 1 is 1.24 bits per heavy atom. The first-order valence-corrected chi connectivity index (χ1v) is 5.63. The summed E-state index contributed by atoms with van der Waals surface area (Å²) in [5, 5.41) is 9.09. The van der Waals surface area contributed by atoms with Crippen LogP contribution in [0.15, 0.2) is 18.7 Å². The highest BCUT2D eigenvalue weighted by molar-refractivity contribution is 5.70. The molecule has 3 nitrogen and oxygen atoms in total. The van der Waals surface area contributed by atoms with Gasteiger partial charge in [0.1, 0.15) is 0 Å². The van der Waals surface area contributed by atoms with Gasteiger partial charge in [0.25, 0.3) is 0 Å². The predicted octanol–water partition coefficient (Wildman–Crippen LogP) is 3.39. The van der Waals surface area contributed by atoms with E-state index in [0.29, 0.717) is 30.3 Å². The zero-order chi connectivity index (χ0) is 12.8. The monoisotopic (exact) mass is 231 g/mol. The van der Waals surface area contributed by atoms with E-state index in [-0.39, 0.29) is 0 Å². The van der Waals surface area contributed by atoms with Crippen LogP contribution in [-0.2, 0) is 0 Å². The minimum Gasteiger partial charge on any atom is -0.490 e. The maximum absolute atomic E-state index is 9.09. The summed E-state index contributed by atoms with van der Waals surface area (Å²) in [6.07, 6.45) is 0. The third-order valence-corrected chi connectivity index (χ3v) is 2.26. The van der Waals surface area contributed by atoms with Crippen molar-refractivity contribution >= 4 is 5.57 Å². The lowest BCUT2D eigenvalue weighted by Crippen LogP contribution is -2.00. The molecule has 0 heterocycles. The number of nitriles is 1. The van der Waals surface area contributed by atoms with Crippen LogP contribution in [0.1, 0.15) is 31.9 Å². The summed E-state index contributed by atoms with van der Waals surface area (Å²) in [5.41, 5.74) is 2.20. The summed E-state index contributed by atoms with van der Waals surface area (Å²) in [6, 6.07) is 5.67. The molecule has 1 aromatic carbocycles. The van der Waals surface area contributed by atoms with E-state index < -0.39 is 0 Å². The van der Waals surface area contributed by atoms with Crippen molar-refractivity contribution in [1.82, 2.24) is 0 Å². The van der Waals surface area contributed by atoms with Crippen LogP contribution in [0.2, 0.25) is 0 Å². The van der Waals surface area contributed by atoms with Crippen molar-refractivity contribution in [1.29, 1.82) is 5.26 Å². The average molecular weight is 231 g/mol. The normalized spacial score (nSPS) is 9.53. The summed E-state index contributed by atoms with van der Waals surface area (Å²) < 4.78 is 11.0. The minimum absolute atomic E-state index is 0.539. The molecule has 3 heteroatoms. The molecule has 0 amide bonds. The van der Waals surface area contributed by atoms with Gasteiger partial charge in [0.2, 0.25) is 0 Å². The zero-order valence-corrected chi connectivity index (χ0v) is 10.5. The van der Waals surface area contributed by atoms with Gasteiger partial charge in [-0.1, -0.05) is 6.58 Å². The largest absolute Gasteiger partial charge is 0.490 e. The van der Waals surface area contributed by atoms with E-state index in [1.165, 1.54) is 0 Å². The molecule has 1 rings (SSSR count). The molecule has 0 aliphatic carbocycles. The molecule has 0 saturated heterocycles. The van der Waals surface area contributed by atoms with Crippen molar-refractivity contribution in [2.24, 2.45) is 0 Å². The molecule has 0 bridgehead atoms. The van der Waals surface area contributed by atoms with E-state index in [1.54, 1.807) is 6.07 Å². The van der Waals surface area contributed by atoms with E-state index in [9.17, 15) is 0 Å². The number of rotatable bonds is 5. The Morgan fingerprint density at radius 2 is 1.76 bits per heavy atom. The number of allylic oxidation sites excluding steroid dienone is 1. The quantitative estimate of drug-likeness (QED) is 0.780. The van der Waals surface area contributed by atoms with Gasteiger partial charge in [0, 0.05) is 6.07 Å². The molecule has 0 radical (unpaired) electrons. The number of hydrogen-bond donors (Lipinski definition) is 0. The van der Waals surface area contributed by atoms with E-state index in [0.717, 1.165) is 11.1 Å². The summed E-state index contributed by atoms with van der Waals surface area (Å²) >= 11 is 0. The molecular formula is C14H17NO2. The molecule has 90 valence electrons. The van der Waals surface area contributed by atoms with Crippen molar-refractivity contribution < 1.29 is 9.47 Å². The van der Waals surface area contributed by atoms with Crippen LogP contribution in [-0.4, -0.2) is 13.2 Å². The summed E-state index contributed by atoms with van der Waals surface area (Å²) in [6.45, 7) is 10.6. The summed E-state index contributed by atoms with van der Waals surface area (Å²) in [4.78, 5) is 0. The van der Waals surface area contributed by atoms with Gasteiger partial charge in [-0.05, 0) is 38.0 Å². The Hall–Kier alpha value is -1.95. The molecule has 0 atom stereocenters. The van der Waals surface area contributed by atoms with E-state index in [2.05, 4.69) is 12.6 Å². The van der Waals surface area contributed by atoms with Crippen molar-refractivity contribution in [3.05, 3.63) is 29.8 Å². The van der Waals surface area contributed by atoms with Gasteiger partial charge < -0.3 is 9.47 Å². The fourth-order valence-corrected chi connectivity index (χ4v) is 1.54. The third kappa shape index (κ3) is 3.01. The molecule has 0 fully saturated rings. The predicted molar refractivity (Wildman–Crippen MR) is 68.2 cm³/mol. The molecular weight excluding hydrogens is 214 g/mol. The lowest BCUT2D eigenvalue weighted by Gasteiger charge is -2.13. The lowest BCUT2D eigenvalue weighted by molar-refractivity contribution is 0.287. The van der Waals surface area contributed by atoms with Crippen LogP contribution in [0.3, 0.4) is 0 Å². The van der Waals surface area contributed by atoms with Crippen molar-refractivity contribution in [2.75, 3.05) is 13.2 Å². The molecule has 1 aromatic rings. The maximum Gasteiger partial charge on any atom is 0.162 e. The first-order chi connectivity index (χ1) is 8.13. The second kappa shape index (κ2) is 5.95. The Labute approximate surface area is 102 Å². The fourth-order valence-electron chi connectivity index (χ4n) is 1.54. The maximum atomic E-state index is 9.09. The van der Waals surface area contributed by atoms with Gasteiger partial charge in [-0.3, -0.25) is 0 Å². The third-order valence-electron chi connectivity index (χ3n) is 2.26. The highest BCUT2D eigenvalue weighted by atomic mass is 16.5. The van der Waals surface area contributed by atoms with Crippen molar-refractivity contribution in [3.63, 3.8) is 0 Å². The van der Waals surface area contributed by atoms with Gasteiger partial charge in [-0.15, -0.1) is 0 Å². The number of ether oxygens (including phenoxy) is 2. The highest BCUT2D eigenvalue weighted by Crippen LogP contribution is 2.33. The van der Waals surface area contributed by atoms with Crippen LogP contribution < -0.4 is 9.47 Å². The average Bonchev–Trinajstić information content (AvgIpc) is 2.31. The number of hydrogen-bond acceptors (Lipinski definition) is 3. The summed E-state index contributed by atoms with van der Waals surface area (Å²) in [7, 11) is 0. The van der Waals surface area contributed by atoms with E-state index >= 15 is 0 Å². The van der Waals surface area contributed by atoms with Gasteiger partial charge in [-0.25, -0.2) is 0 Å². The van der Waals surface area contributed by atoms with Gasteiger partial charge in [0.05, 0.1) is 24.8 Å². The Morgan fingerprint density at radius 3 is 2.18 bits per heavy atom. The van der Waals surface area contributed by atoms with E-state index in [4.69, 9.17) is 14.7 Å². The second-order valence-corrected chi connectivity index (χ2v) is 3.60. The number of nitrogens with zero attached hydrogens (tertiary/aromatic N) is 1. The molecule has 0 spiro atoms. The van der Waals surface area contributed by atoms with Crippen LogP contribution in [0.5, 0.6) is 11.5 Å². The first kappa shape index (κ1) is 13.1. The Bertz CT molecular complexity index is 458. The smallest absolute Gasteiger partial charge is 0.162 e. The van der Waals surface area contributed by atoms with E-state index in [1.807, 2.05) is 26.8 Å². The molecule has 0 unspecified atom stereocenters. The van der Waals surface area contributed by atoms with Crippen molar-refractivity contribution in [3.8, 4) is 17.6 Å². The van der Waals surface area contributed by atoms with Gasteiger partial charge in [0.15, 0.2) is 11.5 Å². The Balaban J connectivity index is 3.32. The SMILES string of the molecule is C=C(C)c1cc(OCC)c(OCC)cc1C#N. The molecule has 0 saturated carbocycles. The van der Waals surface area contributed by atoms with Crippen LogP contribution in [0.4, 0.5) is 0 Å². The van der Waals surface area contributed by atoms with Crippen LogP contribution >= 0.6 is 0 Å². The zero-order valence-electron chi connectivity index (χ0n) is 10.5. The Kier molecular flexibility index (Phi) is 4.59. The molecule has 17 heavy (non-hydrogen) atoms.